The van der Waals surface area contributed by atoms with E-state index in [0.29, 0.717) is 5.56 Å². The molecule has 170 valence electrons. The molecule has 5 unspecified atom stereocenters. The summed E-state index contributed by atoms with van der Waals surface area (Å²) >= 11 is 0. The molecule has 0 saturated carbocycles. The second kappa shape index (κ2) is 8.41. The van der Waals surface area contributed by atoms with Gasteiger partial charge in [-0.15, -0.1) is 0 Å². The Morgan fingerprint density at radius 3 is 2.31 bits per heavy atom. The van der Waals surface area contributed by atoms with E-state index >= 15 is 0 Å². The van der Waals surface area contributed by atoms with E-state index < -0.39 is 43.1 Å². The Hall–Kier alpha value is -3.15. The number of carbonyl (C=O) groups is 1. The predicted molar refractivity (Wildman–Crippen MR) is 108 cm³/mol. The Labute approximate surface area is 182 Å². The van der Waals surface area contributed by atoms with Crippen LogP contribution in [-0.2, 0) is 14.3 Å². The molecule has 2 aliphatic heterocycles. The quantitative estimate of drug-likeness (QED) is 0.163. The first-order valence-corrected chi connectivity index (χ1v) is 9.75. The van der Waals surface area contributed by atoms with Gasteiger partial charge >= 0.3 is 5.97 Å². The molecule has 4 rings (SSSR count). The first-order valence-electron chi connectivity index (χ1n) is 9.75. The highest BCUT2D eigenvalue weighted by Gasteiger charge is 2.47. The topological polar surface area (TPSA) is 166 Å². The summed E-state index contributed by atoms with van der Waals surface area (Å²) < 4.78 is 16.4. The van der Waals surface area contributed by atoms with Crippen LogP contribution in [0, 0.1) is 0 Å². The lowest BCUT2D eigenvalue weighted by Gasteiger charge is -2.40. The van der Waals surface area contributed by atoms with Crippen molar-refractivity contribution in [1.29, 1.82) is 0 Å². The molecule has 1 saturated heterocycles. The summed E-state index contributed by atoms with van der Waals surface area (Å²) in [5.41, 5.74) is 0.639. The number of methoxy groups -OCH3 is 1. The van der Waals surface area contributed by atoms with Crippen molar-refractivity contribution in [1.82, 2.24) is 0 Å². The fourth-order valence-corrected chi connectivity index (χ4v) is 3.96. The molecular formula is C22H22O10. The average molecular weight is 446 g/mol. The number of aromatic hydroxyl groups is 2. The molecule has 10 nitrogen and oxygen atoms in total. The van der Waals surface area contributed by atoms with E-state index in [4.69, 9.17) is 14.2 Å². The van der Waals surface area contributed by atoms with Crippen LogP contribution in [0.5, 0.6) is 17.2 Å². The van der Waals surface area contributed by atoms with Gasteiger partial charge in [0.15, 0.2) is 0 Å². The van der Waals surface area contributed by atoms with Crippen molar-refractivity contribution in [3.63, 3.8) is 0 Å². The van der Waals surface area contributed by atoms with E-state index in [0.717, 1.165) is 0 Å². The summed E-state index contributed by atoms with van der Waals surface area (Å²) in [5, 5.41) is 60.2. The minimum absolute atomic E-state index is 0.0263. The number of aliphatic hydroxyl groups is 4. The predicted octanol–water partition coefficient (Wildman–Crippen LogP) is 0.0464. The smallest absolute Gasteiger partial charge is 0.348 e. The van der Waals surface area contributed by atoms with Crippen molar-refractivity contribution in [2.75, 3.05) is 13.7 Å². The van der Waals surface area contributed by atoms with Gasteiger partial charge in [-0.1, -0.05) is 0 Å². The molecule has 2 heterocycles. The van der Waals surface area contributed by atoms with Crippen molar-refractivity contribution < 1.29 is 49.6 Å². The van der Waals surface area contributed by atoms with E-state index in [9.17, 15) is 35.4 Å². The second-order valence-corrected chi connectivity index (χ2v) is 7.47. The Balaban J connectivity index is 1.86. The maximum Gasteiger partial charge on any atom is 0.348 e. The lowest BCUT2D eigenvalue weighted by atomic mass is 9.89. The standard InChI is InChI=1S/C22H22O10/c1-30-19(9-2-4-10(24)5-3-9)14-11-6-7-12(25)15(20(11)32-22(14)29)21-18(28)17(27)16(26)13(8-23)31-21/h2-7,13,16-18,21,23-28H,8H2,1H3. The summed E-state index contributed by atoms with van der Waals surface area (Å²) in [5.74, 6) is -1.10. The van der Waals surface area contributed by atoms with Crippen LogP contribution in [0.25, 0.3) is 11.3 Å². The number of ether oxygens (including phenoxy) is 3. The second-order valence-electron chi connectivity index (χ2n) is 7.47. The third-order valence-electron chi connectivity index (χ3n) is 5.58. The first-order chi connectivity index (χ1) is 15.3. The van der Waals surface area contributed by atoms with Gasteiger partial charge < -0.3 is 44.8 Å². The maximum atomic E-state index is 12.8. The largest absolute Gasteiger partial charge is 0.508 e. The normalized spacial score (nSPS) is 28.8. The van der Waals surface area contributed by atoms with E-state index in [2.05, 4.69) is 0 Å². The van der Waals surface area contributed by atoms with Crippen LogP contribution >= 0.6 is 0 Å². The molecule has 0 radical (unpaired) electrons. The zero-order valence-corrected chi connectivity index (χ0v) is 16.9. The summed E-state index contributed by atoms with van der Waals surface area (Å²) in [6.07, 6.45) is -7.58. The monoisotopic (exact) mass is 446 g/mol. The molecule has 0 aliphatic carbocycles. The molecule has 0 amide bonds. The number of rotatable bonds is 4. The average Bonchev–Trinajstić information content (AvgIpc) is 3.10. The summed E-state index contributed by atoms with van der Waals surface area (Å²) in [4.78, 5) is 12.8. The van der Waals surface area contributed by atoms with Crippen molar-refractivity contribution in [3.8, 4) is 17.2 Å². The number of phenolic OH excluding ortho intramolecular Hbond substituents is 2. The minimum atomic E-state index is -1.68. The molecule has 0 spiro atoms. The number of phenols is 2. The fraction of sp³-hybridized carbons (Fsp3) is 0.318. The van der Waals surface area contributed by atoms with Gasteiger partial charge in [-0.05, 0) is 36.4 Å². The molecule has 2 aliphatic rings. The van der Waals surface area contributed by atoms with Crippen molar-refractivity contribution in [3.05, 3.63) is 53.1 Å². The van der Waals surface area contributed by atoms with Gasteiger partial charge in [0.2, 0.25) is 0 Å². The number of hydrogen-bond acceptors (Lipinski definition) is 10. The van der Waals surface area contributed by atoms with Crippen LogP contribution in [0.4, 0.5) is 0 Å². The number of carbonyl (C=O) groups excluding carboxylic acids is 1. The van der Waals surface area contributed by atoms with Crippen molar-refractivity contribution in [2.24, 2.45) is 0 Å². The van der Waals surface area contributed by atoms with E-state index in [1.54, 1.807) is 12.1 Å². The van der Waals surface area contributed by atoms with Crippen LogP contribution in [0.15, 0.2) is 36.4 Å². The van der Waals surface area contributed by atoms with Crippen LogP contribution in [0.3, 0.4) is 0 Å². The molecule has 5 atom stereocenters. The van der Waals surface area contributed by atoms with Gasteiger partial charge in [0, 0.05) is 11.1 Å². The zero-order valence-electron chi connectivity index (χ0n) is 16.9. The molecule has 2 aromatic carbocycles. The summed E-state index contributed by atoms with van der Waals surface area (Å²) in [6, 6.07) is 8.63. The number of fused-ring (bicyclic) bond motifs is 1. The number of hydrogen-bond donors (Lipinski definition) is 6. The van der Waals surface area contributed by atoms with Crippen molar-refractivity contribution >= 4 is 17.3 Å². The minimum Gasteiger partial charge on any atom is -0.508 e. The Morgan fingerprint density at radius 1 is 1.00 bits per heavy atom. The van der Waals surface area contributed by atoms with Gasteiger partial charge in [-0.25, -0.2) is 4.79 Å². The highest BCUT2D eigenvalue weighted by molar-refractivity contribution is 6.28. The third-order valence-corrected chi connectivity index (χ3v) is 5.58. The first kappa shape index (κ1) is 22.1. The zero-order chi connectivity index (χ0) is 23.2. The molecule has 2 aromatic rings. The van der Waals surface area contributed by atoms with E-state index in [-0.39, 0.29) is 39.7 Å². The Kier molecular flexibility index (Phi) is 5.80. The van der Waals surface area contributed by atoms with Gasteiger partial charge in [0.1, 0.15) is 59.1 Å². The lowest BCUT2D eigenvalue weighted by Crippen LogP contribution is -2.55. The maximum absolute atomic E-state index is 12.8. The van der Waals surface area contributed by atoms with E-state index in [1.165, 1.54) is 31.4 Å². The molecular weight excluding hydrogens is 424 g/mol. The molecule has 10 heteroatoms. The lowest BCUT2D eigenvalue weighted by molar-refractivity contribution is -0.232. The molecule has 0 bridgehead atoms. The van der Waals surface area contributed by atoms with Gasteiger partial charge in [0.25, 0.3) is 0 Å². The van der Waals surface area contributed by atoms with Gasteiger partial charge in [-0.3, -0.25) is 0 Å². The van der Waals surface area contributed by atoms with Crippen LogP contribution in [0.2, 0.25) is 0 Å². The van der Waals surface area contributed by atoms with Gasteiger partial charge in [0.05, 0.1) is 19.3 Å². The van der Waals surface area contributed by atoms with Crippen LogP contribution < -0.4 is 4.74 Å². The van der Waals surface area contributed by atoms with E-state index in [1.807, 2.05) is 0 Å². The fourth-order valence-electron chi connectivity index (χ4n) is 3.96. The Bertz CT molecular complexity index is 1060. The highest BCUT2D eigenvalue weighted by Crippen LogP contribution is 2.49. The third kappa shape index (κ3) is 3.48. The SMILES string of the molecule is COC(=C1C(=O)Oc2c1ccc(O)c2C1OC(CO)C(O)C(O)C1O)c1ccc(O)cc1. The summed E-state index contributed by atoms with van der Waals surface area (Å²) in [6.45, 7) is -0.656. The van der Waals surface area contributed by atoms with Crippen LogP contribution in [-0.4, -0.2) is 74.7 Å². The Morgan fingerprint density at radius 2 is 1.69 bits per heavy atom. The molecule has 1 fully saturated rings. The van der Waals surface area contributed by atoms with Crippen LogP contribution in [0.1, 0.15) is 22.8 Å². The highest BCUT2D eigenvalue weighted by atomic mass is 16.6. The van der Waals surface area contributed by atoms with Gasteiger partial charge in [-0.2, -0.15) is 0 Å². The van der Waals surface area contributed by atoms with Crippen molar-refractivity contribution in [2.45, 2.75) is 30.5 Å². The molecule has 32 heavy (non-hydrogen) atoms. The summed E-state index contributed by atoms with van der Waals surface area (Å²) in [7, 11) is 1.36. The molecule has 0 aromatic heterocycles. The molecule has 6 N–H and O–H groups in total. The number of benzene rings is 2. The number of aliphatic hydroxyl groups excluding tert-OH is 4. The number of esters is 1.